The average molecular weight is 437 g/mol. The lowest BCUT2D eigenvalue weighted by atomic mass is 9.94. The number of hydrogen-bond donors (Lipinski definition) is 2. The van der Waals surface area contributed by atoms with Gasteiger partial charge in [-0.15, -0.1) is 0 Å². The quantitative estimate of drug-likeness (QED) is 0.710. The number of rotatable bonds is 3. The van der Waals surface area contributed by atoms with Gasteiger partial charge in [0.2, 0.25) is 5.91 Å². The Bertz CT molecular complexity index is 626. The van der Waals surface area contributed by atoms with Gasteiger partial charge in [-0.25, -0.2) is 9.59 Å². The van der Waals surface area contributed by atoms with Crippen LogP contribution in [0.1, 0.15) is 78.6 Å². The Hall–Kier alpha value is -1.99. The summed E-state index contributed by atoms with van der Waals surface area (Å²) < 4.78 is 5.43. The standard InChI is InChI=1S/C23H40N4O4/c1-23(2,3)31-22(30)27-13-9-17(10-14-27)20(28)26-15-11-19(12-16-26)25-21(29)24-18-7-5-4-6-8-18/h17-19H,4-16H2,1-3H3,(H2,24,25,29). The number of ether oxygens (including phenoxy) is 1. The predicted molar refractivity (Wildman–Crippen MR) is 119 cm³/mol. The van der Waals surface area contributed by atoms with E-state index in [1.807, 2.05) is 25.7 Å². The zero-order valence-electron chi connectivity index (χ0n) is 19.5. The van der Waals surface area contributed by atoms with Crippen LogP contribution in [0, 0.1) is 5.92 Å². The molecule has 1 aliphatic carbocycles. The van der Waals surface area contributed by atoms with Crippen molar-refractivity contribution < 1.29 is 19.1 Å². The molecule has 3 aliphatic rings. The summed E-state index contributed by atoms with van der Waals surface area (Å²) in [5.74, 6) is 0.159. The Labute approximate surface area is 186 Å². The lowest BCUT2D eigenvalue weighted by molar-refractivity contribution is -0.138. The molecule has 4 amide bonds. The summed E-state index contributed by atoms with van der Waals surface area (Å²) in [6.07, 6.45) is 8.47. The first-order valence-corrected chi connectivity index (χ1v) is 12.0. The van der Waals surface area contributed by atoms with Crippen molar-refractivity contribution in [2.24, 2.45) is 5.92 Å². The van der Waals surface area contributed by atoms with Crippen molar-refractivity contribution in [3.05, 3.63) is 0 Å². The molecule has 2 aliphatic heterocycles. The third-order valence-corrected chi connectivity index (χ3v) is 6.58. The highest BCUT2D eigenvalue weighted by Crippen LogP contribution is 2.23. The molecule has 0 atom stereocenters. The van der Waals surface area contributed by atoms with Gasteiger partial charge >= 0.3 is 12.1 Å². The number of nitrogens with one attached hydrogen (secondary N) is 2. The molecule has 2 saturated heterocycles. The van der Waals surface area contributed by atoms with E-state index in [0.717, 1.165) is 25.7 Å². The van der Waals surface area contributed by atoms with Crippen LogP contribution < -0.4 is 10.6 Å². The Kier molecular flexibility index (Phi) is 8.06. The van der Waals surface area contributed by atoms with E-state index in [9.17, 15) is 14.4 Å². The summed E-state index contributed by atoms with van der Waals surface area (Å²) in [7, 11) is 0. The molecule has 0 aromatic heterocycles. The molecule has 1 saturated carbocycles. The maximum atomic E-state index is 12.9. The monoisotopic (exact) mass is 436 g/mol. The van der Waals surface area contributed by atoms with Crippen LogP contribution in [0.2, 0.25) is 0 Å². The fourth-order valence-electron chi connectivity index (χ4n) is 4.80. The average Bonchev–Trinajstić information content (AvgIpc) is 2.73. The molecule has 3 fully saturated rings. The van der Waals surface area contributed by atoms with Gasteiger partial charge < -0.3 is 25.2 Å². The van der Waals surface area contributed by atoms with E-state index in [-0.39, 0.29) is 30.0 Å². The summed E-state index contributed by atoms with van der Waals surface area (Å²) >= 11 is 0. The van der Waals surface area contributed by atoms with E-state index >= 15 is 0 Å². The molecule has 8 nitrogen and oxygen atoms in total. The van der Waals surface area contributed by atoms with Crippen molar-refractivity contribution in [3.8, 4) is 0 Å². The number of carbonyl (C=O) groups is 3. The lowest BCUT2D eigenvalue weighted by Gasteiger charge is -2.37. The van der Waals surface area contributed by atoms with Crippen LogP contribution in [0.15, 0.2) is 0 Å². The zero-order chi connectivity index (χ0) is 22.4. The maximum Gasteiger partial charge on any atom is 0.410 e. The van der Waals surface area contributed by atoms with Crippen LogP contribution >= 0.6 is 0 Å². The minimum absolute atomic E-state index is 0.0298. The summed E-state index contributed by atoms with van der Waals surface area (Å²) in [5, 5.41) is 6.20. The number of amides is 4. The largest absolute Gasteiger partial charge is 0.444 e. The Balaban J connectivity index is 1.35. The van der Waals surface area contributed by atoms with Crippen molar-refractivity contribution >= 4 is 18.0 Å². The molecule has 0 aromatic rings. The van der Waals surface area contributed by atoms with E-state index in [1.54, 1.807) is 4.90 Å². The topological polar surface area (TPSA) is 91.0 Å². The molecule has 3 rings (SSSR count). The first-order valence-electron chi connectivity index (χ1n) is 12.0. The second-order valence-corrected chi connectivity index (χ2v) is 10.3. The molecule has 31 heavy (non-hydrogen) atoms. The van der Waals surface area contributed by atoms with Crippen molar-refractivity contribution in [3.63, 3.8) is 0 Å². The van der Waals surface area contributed by atoms with E-state index in [2.05, 4.69) is 10.6 Å². The van der Waals surface area contributed by atoms with Gasteiger partial charge in [0.05, 0.1) is 0 Å². The molecular weight excluding hydrogens is 396 g/mol. The number of nitrogens with zero attached hydrogens (tertiary/aromatic N) is 2. The molecule has 0 bridgehead atoms. The Morgan fingerprint density at radius 1 is 0.742 bits per heavy atom. The fourth-order valence-corrected chi connectivity index (χ4v) is 4.80. The van der Waals surface area contributed by atoms with E-state index in [4.69, 9.17) is 4.74 Å². The molecule has 8 heteroatoms. The molecule has 176 valence electrons. The number of likely N-dealkylation sites (tertiary alicyclic amines) is 2. The molecule has 0 radical (unpaired) electrons. The van der Waals surface area contributed by atoms with Crippen LogP contribution in [-0.2, 0) is 9.53 Å². The van der Waals surface area contributed by atoms with Gasteiger partial charge in [0, 0.05) is 44.2 Å². The molecule has 0 aromatic carbocycles. The van der Waals surface area contributed by atoms with E-state index in [1.165, 1.54) is 19.3 Å². The number of carbonyl (C=O) groups excluding carboxylic acids is 3. The van der Waals surface area contributed by atoms with Crippen LogP contribution in [-0.4, -0.2) is 71.7 Å². The summed E-state index contributed by atoms with van der Waals surface area (Å²) in [6, 6.07) is 0.370. The number of urea groups is 1. The molecule has 0 spiro atoms. The predicted octanol–water partition coefficient (Wildman–Crippen LogP) is 3.26. The zero-order valence-corrected chi connectivity index (χ0v) is 19.5. The SMILES string of the molecule is CC(C)(C)OC(=O)N1CCC(C(=O)N2CCC(NC(=O)NC3CCCCC3)CC2)CC1. The Morgan fingerprint density at radius 2 is 1.26 bits per heavy atom. The van der Waals surface area contributed by atoms with Crippen LogP contribution in [0.3, 0.4) is 0 Å². The van der Waals surface area contributed by atoms with Gasteiger partial charge in [-0.3, -0.25) is 4.79 Å². The highest BCUT2D eigenvalue weighted by atomic mass is 16.6. The fraction of sp³-hybridized carbons (Fsp3) is 0.870. The normalized spacial score (nSPS) is 22.2. The first kappa shape index (κ1) is 23.7. The van der Waals surface area contributed by atoms with Crippen LogP contribution in [0.4, 0.5) is 9.59 Å². The molecular formula is C23H40N4O4. The van der Waals surface area contributed by atoms with Crippen molar-refractivity contribution in [2.45, 2.75) is 96.2 Å². The van der Waals surface area contributed by atoms with Gasteiger partial charge in [-0.1, -0.05) is 19.3 Å². The second-order valence-electron chi connectivity index (χ2n) is 10.3. The van der Waals surface area contributed by atoms with E-state index in [0.29, 0.717) is 45.1 Å². The minimum atomic E-state index is -0.505. The Morgan fingerprint density at radius 3 is 1.81 bits per heavy atom. The third-order valence-electron chi connectivity index (χ3n) is 6.58. The minimum Gasteiger partial charge on any atom is -0.444 e. The van der Waals surface area contributed by atoms with Gasteiger partial charge in [-0.2, -0.15) is 0 Å². The smallest absolute Gasteiger partial charge is 0.410 e. The van der Waals surface area contributed by atoms with Crippen molar-refractivity contribution in [1.82, 2.24) is 20.4 Å². The third kappa shape index (κ3) is 7.28. The van der Waals surface area contributed by atoms with Crippen molar-refractivity contribution in [2.75, 3.05) is 26.2 Å². The van der Waals surface area contributed by atoms with Gasteiger partial charge in [0.25, 0.3) is 0 Å². The number of hydrogen-bond acceptors (Lipinski definition) is 4. The van der Waals surface area contributed by atoms with E-state index < -0.39 is 5.60 Å². The summed E-state index contributed by atoms with van der Waals surface area (Å²) in [6.45, 7) is 8.06. The molecule has 2 heterocycles. The summed E-state index contributed by atoms with van der Waals surface area (Å²) in [5.41, 5.74) is -0.505. The van der Waals surface area contributed by atoms with Gasteiger partial charge in [0.1, 0.15) is 5.60 Å². The van der Waals surface area contributed by atoms with Crippen molar-refractivity contribution in [1.29, 1.82) is 0 Å². The highest BCUT2D eigenvalue weighted by Gasteiger charge is 2.33. The van der Waals surface area contributed by atoms with Crippen LogP contribution in [0.5, 0.6) is 0 Å². The van der Waals surface area contributed by atoms with Gasteiger partial charge in [-0.05, 0) is 59.3 Å². The van der Waals surface area contributed by atoms with Crippen LogP contribution in [0.25, 0.3) is 0 Å². The first-order chi connectivity index (χ1) is 14.7. The summed E-state index contributed by atoms with van der Waals surface area (Å²) in [4.78, 5) is 41.1. The molecule has 0 unspecified atom stereocenters. The second kappa shape index (κ2) is 10.6. The maximum absolute atomic E-state index is 12.9. The molecule has 2 N–H and O–H groups in total. The highest BCUT2D eigenvalue weighted by molar-refractivity contribution is 5.79. The van der Waals surface area contributed by atoms with Gasteiger partial charge in [0.15, 0.2) is 0 Å². The lowest BCUT2D eigenvalue weighted by Crippen LogP contribution is -2.52. The number of piperidine rings is 2.